The van der Waals surface area contributed by atoms with Crippen molar-refractivity contribution in [1.82, 2.24) is 5.32 Å². The number of benzene rings is 3. The van der Waals surface area contributed by atoms with E-state index < -0.39 is 0 Å². The van der Waals surface area contributed by atoms with Crippen molar-refractivity contribution in [1.29, 1.82) is 0 Å². The molecule has 0 saturated carbocycles. The van der Waals surface area contributed by atoms with Crippen LogP contribution in [0.1, 0.15) is 28.4 Å². The van der Waals surface area contributed by atoms with Crippen molar-refractivity contribution in [2.45, 2.75) is 19.8 Å². The van der Waals surface area contributed by atoms with Gasteiger partial charge >= 0.3 is 0 Å². The molecule has 1 N–H and O–H groups in total. The molecule has 1 aliphatic rings. The molecule has 180 valence electrons. The Labute approximate surface area is 204 Å². The smallest absolute Gasteiger partial charge is 0.265 e. The average Bonchev–Trinajstić information content (AvgIpc) is 2.89. The molecule has 4 rings (SSSR count). The molecule has 0 radical (unpaired) electrons. The second-order valence-electron chi connectivity index (χ2n) is 8.25. The van der Waals surface area contributed by atoms with Crippen molar-refractivity contribution in [3.05, 3.63) is 89.5 Å². The second kappa shape index (κ2) is 11.3. The summed E-state index contributed by atoms with van der Waals surface area (Å²) in [4.78, 5) is 39.3. The number of fused-ring (bicyclic) bond motifs is 1. The molecule has 7 nitrogen and oxygen atoms in total. The fraction of sp³-hybridized carbons (Fsp3) is 0.250. The maximum Gasteiger partial charge on any atom is 0.265 e. The van der Waals surface area contributed by atoms with Gasteiger partial charge in [0, 0.05) is 12.1 Å². The first-order chi connectivity index (χ1) is 17.0. The summed E-state index contributed by atoms with van der Waals surface area (Å²) in [5, 5.41) is 2.85. The van der Waals surface area contributed by atoms with E-state index in [1.807, 2.05) is 54.6 Å². The third-order valence-corrected chi connectivity index (χ3v) is 5.78. The lowest BCUT2D eigenvalue weighted by Gasteiger charge is -2.29. The molecule has 2 amide bonds. The van der Waals surface area contributed by atoms with E-state index in [1.165, 1.54) is 4.90 Å². The lowest BCUT2D eigenvalue weighted by molar-refractivity contribution is -0.125. The predicted octanol–water partition coefficient (Wildman–Crippen LogP) is 3.60. The fourth-order valence-corrected chi connectivity index (χ4v) is 3.83. The quantitative estimate of drug-likeness (QED) is 0.456. The van der Waals surface area contributed by atoms with Crippen LogP contribution in [0.15, 0.2) is 72.8 Å². The Hall–Kier alpha value is -4.13. The molecule has 3 aromatic carbocycles. The molecular weight excluding hydrogens is 444 g/mol. The minimum Gasteiger partial charge on any atom is -0.485 e. The first-order valence-corrected chi connectivity index (χ1v) is 11.7. The van der Waals surface area contributed by atoms with Gasteiger partial charge in [-0.3, -0.25) is 19.3 Å². The highest BCUT2D eigenvalue weighted by atomic mass is 16.5. The van der Waals surface area contributed by atoms with Crippen LogP contribution in [0.5, 0.6) is 11.5 Å². The van der Waals surface area contributed by atoms with Crippen LogP contribution in [0.4, 0.5) is 5.69 Å². The molecule has 0 aromatic heterocycles. The molecule has 1 heterocycles. The van der Waals surface area contributed by atoms with Crippen LogP contribution in [0.25, 0.3) is 0 Å². The SMILES string of the molecule is CCc1cccc(OCC(=O)c2ccc3c(c2)N(CC(=O)NCCc2ccccc2)C(=O)CO3)c1. The first kappa shape index (κ1) is 24.0. The molecule has 3 aromatic rings. The van der Waals surface area contributed by atoms with E-state index >= 15 is 0 Å². The predicted molar refractivity (Wildman–Crippen MR) is 133 cm³/mol. The summed E-state index contributed by atoms with van der Waals surface area (Å²) in [5.41, 5.74) is 3.02. The molecular formula is C28H28N2O5. The largest absolute Gasteiger partial charge is 0.485 e. The number of rotatable bonds is 10. The van der Waals surface area contributed by atoms with Crippen LogP contribution in [0.3, 0.4) is 0 Å². The lowest BCUT2D eigenvalue weighted by Crippen LogP contribution is -2.45. The van der Waals surface area contributed by atoms with Crippen molar-refractivity contribution < 1.29 is 23.9 Å². The summed E-state index contributed by atoms with van der Waals surface area (Å²) in [7, 11) is 0. The number of nitrogens with one attached hydrogen (secondary N) is 1. The zero-order chi connectivity index (χ0) is 24.6. The van der Waals surface area contributed by atoms with Crippen LogP contribution in [-0.2, 0) is 22.4 Å². The van der Waals surface area contributed by atoms with E-state index in [2.05, 4.69) is 12.2 Å². The van der Waals surface area contributed by atoms with E-state index in [-0.39, 0.29) is 37.4 Å². The Bertz CT molecular complexity index is 1210. The molecule has 0 aliphatic carbocycles. The molecule has 1 aliphatic heterocycles. The minimum atomic E-state index is -0.340. The fourth-order valence-electron chi connectivity index (χ4n) is 3.83. The zero-order valence-corrected chi connectivity index (χ0v) is 19.7. The van der Waals surface area contributed by atoms with Crippen molar-refractivity contribution in [2.75, 3.05) is 31.2 Å². The van der Waals surface area contributed by atoms with Gasteiger partial charge in [-0.25, -0.2) is 0 Å². The third kappa shape index (κ3) is 6.26. The number of carbonyl (C=O) groups excluding carboxylic acids is 3. The molecule has 0 fully saturated rings. The van der Waals surface area contributed by atoms with Crippen molar-refractivity contribution >= 4 is 23.3 Å². The molecule has 0 bridgehead atoms. The molecule has 0 unspecified atom stereocenters. The van der Waals surface area contributed by atoms with Gasteiger partial charge in [0.15, 0.2) is 19.0 Å². The van der Waals surface area contributed by atoms with Gasteiger partial charge in [-0.2, -0.15) is 0 Å². The summed E-state index contributed by atoms with van der Waals surface area (Å²) in [6.07, 6.45) is 1.57. The van der Waals surface area contributed by atoms with E-state index in [4.69, 9.17) is 9.47 Å². The Kier molecular flexibility index (Phi) is 7.77. The number of anilines is 1. The number of ether oxygens (including phenoxy) is 2. The van der Waals surface area contributed by atoms with Crippen LogP contribution in [0, 0.1) is 0 Å². The molecule has 0 saturated heterocycles. The number of ketones is 1. The number of Topliss-reactive ketones (excluding diaryl/α,β-unsaturated/α-hetero) is 1. The standard InChI is InChI=1S/C28H28N2O5/c1-2-20-9-6-10-23(15-20)34-18-25(31)22-11-12-26-24(16-22)30(28(33)19-35-26)17-27(32)29-14-13-21-7-4-3-5-8-21/h3-12,15-16H,2,13-14,17-19H2,1H3,(H,29,32). The Morgan fingerprint density at radius 2 is 1.80 bits per heavy atom. The van der Waals surface area contributed by atoms with Crippen LogP contribution >= 0.6 is 0 Å². The van der Waals surface area contributed by atoms with E-state index in [0.29, 0.717) is 35.7 Å². The summed E-state index contributed by atoms with van der Waals surface area (Å²) >= 11 is 0. The lowest BCUT2D eigenvalue weighted by atomic mass is 10.1. The van der Waals surface area contributed by atoms with Crippen molar-refractivity contribution in [2.24, 2.45) is 0 Å². The Balaban J connectivity index is 1.39. The van der Waals surface area contributed by atoms with Gasteiger partial charge in [0.2, 0.25) is 5.91 Å². The minimum absolute atomic E-state index is 0.138. The molecule has 35 heavy (non-hydrogen) atoms. The number of hydrogen-bond acceptors (Lipinski definition) is 5. The topological polar surface area (TPSA) is 84.9 Å². The second-order valence-corrected chi connectivity index (χ2v) is 8.25. The zero-order valence-electron chi connectivity index (χ0n) is 19.7. The monoisotopic (exact) mass is 472 g/mol. The Morgan fingerprint density at radius 1 is 1.00 bits per heavy atom. The van der Waals surface area contributed by atoms with Crippen LogP contribution in [-0.4, -0.2) is 43.9 Å². The van der Waals surface area contributed by atoms with Crippen LogP contribution in [0.2, 0.25) is 0 Å². The molecule has 0 atom stereocenters. The maximum atomic E-state index is 12.8. The highest BCUT2D eigenvalue weighted by molar-refractivity contribution is 6.04. The number of hydrogen-bond donors (Lipinski definition) is 1. The van der Waals surface area contributed by atoms with Gasteiger partial charge in [-0.1, -0.05) is 49.4 Å². The number of carbonyl (C=O) groups is 3. The summed E-state index contributed by atoms with van der Waals surface area (Å²) in [5.74, 6) is 0.226. The normalized spacial score (nSPS) is 12.5. The maximum absolute atomic E-state index is 12.8. The van der Waals surface area contributed by atoms with Gasteiger partial charge < -0.3 is 14.8 Å². The molecule has 0 spiro atoms. The highest BCUT2D eigenvalue weighted by Crippen LogP contribution is 2.33. The summed E-state index contributed by atoms with van der Waals surface area (Å²) < 4.78 is 11.2. The van der Waals surface area contributed by atoms with Gasteiger partial charge in [0.25, 0.3) is 5.91 Å². The number of nitrogens with zero attached hydrogens (tertiary/aromatic N) is 1. The van der Waals surface area contributed by atoms with Gasteiger partial charge in [-0.15, -0.1) is 0 Å². The van der Waals surface area contributed by atoms with Gasteiger partial charge in [0.1, 0.15) is 18.0 Å². The van der Waals surface area contributed by atoms with Gasteiger partial charge in [-0.05, 0) is 54.3 Å². The van der Waals surface area contributed by atoms with E-state index in [0.717, 1.165) is 17.5 Å². The molecule has 7 heteroatoms. The van der Waals surface area contributed by atoms with Crippen LogP contribution < -0.4 is 19.7 Å². The third-order valence-electron chi connectivity index (χ3n) is 5.78. The number of aryl methyl sites for hydroxylation is 1. The first-order valence-electron chi connectivity index (χ1n) is 11.7. The summed E-state index contributed by atoms with van der Waals surface area (Å²) in [6, 6.07) is 22.3. The average molecular weight is 473 g/mol. The van der Waals surface area contributed by atoms with Crippen molar-refractivity contribution in [3.63, 3.8) is 0 Å². The summed E-state index contributed by atoms with van der Waals surface area (Å²) in [6.45, 7) is 2.07. The van der Waals surface area contributed by atoms with E-state index in [1.54, 1.807) is 18.2 Å². The Morgan fingerprint density at radius 3 is 2.60 bits per heavy atom. The van der Waals surface area contributed by atoms with Crippen molar-refractivity contribution in [3.8, 4) is 11.5 Å². The number of amides is 2. The van der Waals surface area contributed by atoms with E-state index in [9.17, 15) is 14.4 Å². The van der Waals surface area contributed by atoms with Gasteiger partial charge in [0.05, 0.1) is 5.69 Å². The highest BCUT2D eigenvalue weighted by Gasteiger charge is 2.28.